The number of aromatic nitrogens is 1. The van der Waals surface area contributed by atoms with Crippen LogP contribution < -0.4 is 5.43 Å². The Labute approximate surface area is 153 Å². The van der Waals surface area contributed by atoms with E-state index in [-0.39, 0.29) is 6.03 Å². The second-order valence-corrected chi connectivity index (χ2v) is 5.79. The topological polar surface area (TPSA) is 57.6 Å². The summed E-state index contributed by atoms with van der Waals surface area (Å²) in [7, 11) is 0. The van der Waals surface area contributed by atoms with Crippen molar-refractivity contribution < 1.29 is 4.79 Å². The maximum Gasteiger partial charge on any atom is 0.338 e. The molecule has 0 fully saturated rings. The largest absolute Gasteiger partial charge is 0.338 e. The van der Waals surface area contributed by atoms with Crippen LogP contribution in [-0.4, -0.2) is 22.1 Å². The zero-order chi connectivity index (χ0) is 18.0. The van der Waals surface area contributed by atoms with Crippen molar-refractivity contribution in [3.05, 3.63) is 102 Å². The van der Waals surface area contributed by atoms with Crippen LogP contribution in [0.5, 0.6) is 0 Å². The van der Waals surface area contributed by atoms with E-state index in [1.54, 1.807) is 23.5 Å². The number of rotatable bonds is 6. The van der Waals surface area contributed by atoms with Crippen LogP contribution in [0.3, 0.4) is 0 Å². The monoisotopic (exact) mass is 344 g/mol. The highest BCUT2D eigenvalue weighted by atomic mass is 16.2. The van der Waals surface area contributed by atoms with Crippen molar-refractivity contribution >= 4 is 12.2 Å². The lowest BCUT2D eigenvalue weighted by Crippen LogP contribution is -2.36. The molecule has 0 bridgehead atoms. The van der Waals surface area contributed by atoms with E-state index in [0.29, 0.717) is 13.1 Å². The lowest BCUT2D eigenvalue weighted by Gasteiger charge is -2.22. The number of urea groups is 1. The Hall–Kier alpha value is -3.47. The van der Waals surface area contributed by atoms with E-state index in [9.17, 15) is 4.79 Å². The number of nitrogens with zero attached hydrogens (tertiary/aromatic N) is 3. The van der Waals surface area contributed by atoms with Gasteiger partial charge >= 0.3 is 6.03 Å². The highest BCUT2D eigenvalue weighted by molar-refractivity contribution is 5.81. The lowest BCUT2D eigenvalue weighted by molar-refractivity contribution is 0.193. The molecule has 0 spiro atoms. The second-order valence-electron chi connectivity index (χ2n) is 5.79. The van der Waals surface area contributed by atoms with E-state index >= 15 is 0 Å². The molecule has 0 aliphatic heterocycles. The maximum atomic E-state index is 12.6. The molecule has 2 amide bonds. The summed E-state index contributed by atoms with van der Waals surface area (Å²) in [6.07, 6.45) is 4.95. The Kier molecular flexibility index (Phi) is 6.09. The molecule has 5 heteroatoms. The van der Waals surface area contributed by atoms with Gasteiger partial charge in [0.25, 0.3) is 0 Å². The van der Waals surface area contributed by atoms with Crippen LogP contribution in [0.1, 0.15) is 16.7 Å². The smallest absolute Gasteiger partial charge is 0.315 e. The molecule has 26 heavy (non-hydrogen) atoms. The van der Waals surface area contributed by atoms with Crippen LogP contribution in [-0.2, 0) is 13.1 Å². The van der Waals surface area contributed by atoms with Gasteiger partial charge < -0.3 is 4.90 Å². The molecule has 130 valence electrons. The average Bonchev–Trinajstić information content (AvgIpc) is 2.70. The minimum absolute atomic E-state index is 0.252. The van der Waals surface area contributed by atoms with Gasteiger partial charge in [0.2, 0.25) is 0 Å². The van der Waals surface area contributed by atoms with Gasteiger partial charge in [-0.1, -0.05) is 66.7 Å². The van der Waals surface area contributed by atoms with Gasteiger partial charge in [-0.25, -0.2) is 10.2 Å². The minimum atomic E-state index is -0.252. The second kappa shape index (κ2) is 9.13. The van der Waals surface area contributed by atoms with Gasteiger partial charge in [-0.2, -0.15) is 5.10 Å². The van der Waals surface area contributed by atoms with Crippen molar-refractivity contribution in [3.8, 4) is 0 Å². The van der Waals surface area contributed by atoms with Gasteiger partial charge in [-0.15, -0.1) is 0 Å². The summed E-state index contributed by atoms with van der Waals surface area (Å²) in [5.74, 6) is 0. The summed E-state index contributed by atoms with van der Waals surface area (Å²) in [4.78, 5) is 18.4. The number of pyridine rings is 1. The molecule has 0 saturated carbocycles. The van der Waals surface area contributed by atoms with Gasteiger partial charge in [0.1, 0.15) is 0 Å². The first-order valence-electron chi connectivity index (χ1n) is 8.37. The molecular formula is C21H20N4O. The molecule has 1 aromatic heterocycles. The van der Waals surface area contributed by atoms with Crippen LogP contribution >= 0.6 is 0 Å². The summed E-state index contributed by atoms with van der Waals surface area (Å²) < 4.78 is 0. The van der Waals surface area contributed by atoms with E-state index in [1.165, 1.54) is 0 Å². The van der Waals surface area contributed by atoms with Crippen molar-refractivity contribution in [3.63, 3.8) is 0 Å². The normalized spacial score (nSPS) is 10.6. The molecule has 0 aliphatic carbocycles. The molecule has 3 aromatic rings. The summed E-state index contributed by atoms with van der Waals surface area (Å²) in [6.45, 7) is 1.01. The molecule has 0 atom stereocenters. The molecule has 2 aromatic carbocycles. The van der Waals surface area contributed by atoms with E-state index in [0.717, 1.165) is 16.7 Å². The molecule has 0 aliphatic rings. The number of hydrazone groups is 1. The third kappa shape index (κ3) is 5.27. The average molecular weight is 344 g/mol. The standard InChI is InChI=1S/C21H20N4O/c26-21(24-23-15-20-12-7-13-22-14-20)25(16-18-8-3-1-4-9-18)17-19-10-5-2-6-11-19/h1-15H,16-17H2,(H,24,26)/b23-15-. The highest BCUT2D eigenvalue weighted by Gasteiger charge is 2.14. The zero-order valence-corrected chi connectivity index (χ0v) is 14.3. The van der Waals surface area contributed by atoms with Crippen LogP contribution in [0, 0.1) is 0 Å². The van der Waals surface area contributed by atoms with Gasteiger partial charge in [-0.05, 0) is 17.2 Å². The van der Waals surface area contributed by atoms with Gasteiger partial charge in [-0.3, -0.25) is 4.98 Å². The van der Waals surface area contributed by atoms with E-state index < -0.39 is 0 Å². The molecule has 0 saturated heterocycles. The van der Waals surface area contributed by atoms with Crippen molar-refractivity contribution in [2.24, 2.45) is 5.10 Å². The van der Waals surface area contributed by atoms with E-state index in [2.05, 4.69) is 15.5 Å². The number of nitrogens with one attached hydrogen (secondary N) is 1. The van der Waals surface area contributed by atoms with Crippen LogP contribution in [0.2, 0.25) is 0 Å². The Morgan fingerprint density at radius 2 is 1.54 bits per heavy atom. The number of amides is 2. The third-order valence-corrected chi connectivity index (χ3v) is 3.78. The predicted molar refractivity (Wildman–Crippen MR) is 102 cm³/mol. The molecule has 0 unspecified atom stereocenters. The summed E-state index contributed by atoms with van der Waals surface area (Å²) >= 11 is 0. The Morgan fingerprint density at radius 3 is 2.08 bits per heavy atom. The van der Waals surface area contributed by atoms with E-state index in [1.807, 2.05) is 72.8 Å². The third-order valence-electron chi connectivity index (χ3n) is 3.78. The molecular weight excluding hydrogens is 324 g/mol. The highest BCUT2D eigenvalue weighted by Crippen LogP contribution is 2.10. The maximum absolute atomic E-state index is 12.6. The summed E-state index contributed by atoms with van der Waals surface area (Å²) in [5.41, 5.74) is 5.55. The van der Waals surface area contributed by atoms with Crippen LogP contribution in [0.25, 0.3) is 0 Å². The Morgan fingerprint density at radius 1 is 0.923 bits per heavy atom. The van der Waals surface area contributed by atoms with Crippen LogP contribution in [0.4, 0.5) is 4.79 Å². The first kappa shape index (κ1) is 17.4. The van der Waals surface area contributed by atoms with Gasteiger partial charge in [0, 0.05) is 31.0 Å². The first-order valence-corrected chi connectivity index (χ1v) is 8.37. The zero-order valence-electron chi connectivity index (χ0n) is 14.3. The number of carbonyl (C=O) groups excluding carboxylic acids is 1. The number of hydrogen-bond acceptors (Lipinski definition) is 3. The Bertz CT molecular complexity index is 794. The number of hydrogen-bond donors (Lipinski definition) is 1. The summed E-state index contributed by atoms with van der Waals surface area (Å²) in [6, 6.07) is 23.2. The van der Waals surface area contributed by atoms with Crippen molar-refractivity contribution in [2.75, 3.05) is 0 Å². The first-order chi connectivity index (χ1) is 12.8. The SMILES string of the molecule is O=C(N/N=C\c1cccnc1)N(Cc1ccccc1)Cc1ccccc1. The minimum Gasteiger partial charge on any atom is -0.315 e. The molecule has 1 N–H and O–H groups in total. The van der Waals surface area contributed by atoms with E-state index in [4.69, 9.17) is 0 Å². The summed E-state index contributed by atoms with van der Waals surface area (Å²) in [5, 5.41) is 4.04. The van der Waals surface area contributed by atoms with Crippen molar-refractivity contribution in [2.45, 2.75) is 13.1 Å². The van der Waals surface area contributed by atoms with Gasteiger partial charge in [0.05, 0.1) is 6.21 Å². The molecule has 0 radical (unpaired) electrons. The quantitative estimate of drug-likeness (QED) is 0.546. The fourth-order valence-corrected chi connectivity index (χ4v) is 2.49. The fourth-order valence-electron chi connectivity index (χ4n) is 2.49. The van der Waals surface area contributed by atoms with Crippen LogP contribution in [0.15, 0.2) is 90.3 Å². The predicted octanol–water partition coefficient (Wildman–Crippen LogP) is 3.83. The molecule has 5 nitrogen and oxygen atoms in total. The number of carbonyl (C=O) groups is 1. The van der Waals surface area contributed by atoms with Crippen molar-refractivity contribution in [1.29, 1.82) is 0 Å². The van der Waals surface area contributed by atoms with Gasteiger partial charge in [0.15, 0.2) is 0 Å². The molecule has 3 rings (SSSR count). The van der Waals surface area contributed by atoms with Crippen molar-refractivity contribution in [1.82, 2.24) is 15.3 Å². The lowest BCUT2D eigenvalue weighted by atomic mass is 10.2. The fraction of sp³-hybridized carbons (Fsp3) is 0.0952. The molecule has 1 heterocycles. The Balaban J connectivity index is 1.69. The number of benzene rings is 2.